The van der Waals surface area contributed by atoms with E-state index in [0.717, 1.165) is 12.1 Å². The summed E-state index contributed by atoms with van der Waals surface area (Å²) in [5, 5.41) is 6.91. The van der Waals surface area contributed by atoms with E-state index in [0.29, 0.717) is 12.1 Å². The average Bonchev–Trinajstić information content (AvgIpc) is 2.71. The van der Waals surface area contributed by atoms with Crippen LogP contribution >= 0.6 is 0 Å². The average molecular weight is 206 g/mol. The number of nitrogens with one attached hydrogen (secondary N) is 2. The lowest BCUT2D eigenvalue weighted by molar-refractivity contribution is 0.523. The molecule has 1 aliphatic rings. The maximum Gasteiger partial charge on any atom is 0.115 e. The molecule has 4 heteroatoms. The molecule has 2 heterocycles. The van der Waals surface area contributed by atoms with Crippen LogP contribution in [0.15, 0.2) is 18.7 Å². The van der Waals surface area contributed by atoms with Gasteiger partial charge in [0.15, 0.2) is 0 Å². The van der Waals surface area contributed by atoms with Crippen LogP contribution in [0.5, 0.6) is 0 Å². The summed E-state index contributed by atoms with van der Waals surface area (Å²) in [7, 11) is 0. The first-order chi connectivity index (χ1) is 7.34. The molecule has 0 aromatic carbocycles. The van der Waals surface area contributed by atoms with Crippen LogP contribution < -0.4 is 10.6 Å². The highest BCUT2D eigenvalue weighted by Gasteiger charge is 2.16. The zero-order valence-corrected chi connectivity index (χ0v) is 9.11. The second-order valence-corrected chi connectivity index (χ2v) is 4.20. The van der Waals surface area contributed by atoms with Crippen LogP contribution in [0.25, 0.3) is 0 Å². The minimum Gasteiger partial charge on any atom is -0.380 e. The predicted molar refractivity (Wildman–Crippen MR) is 60.8 cm³/mol. The lowest BCUT2D eigenvalue weighted by atomic mass is 10.1. The van der Waals surface area contributed by atoms with Gasteiger partial charge in [-0.05, 0) is 32.7 Å². The van der Waals surface area contributed by atoms with Crippen molar-refractivity contribution in [1.82, 2.24) is 15.3 Å². The summed E-state index contributed by atoms with van der Waals surface area (Å²) in [6, 6.07) is 1.14. The van der Waals surface area contributed by atoms with Crippen LogP contribution in [-0.2, 0) is 0 Å². The lowest BCUT2D eigenvalue weighted by Gasteiger charge is -2.18. The molecule has 1 aromatic heterocycles. The van der Waals surface area contributed by atoms with E-state index < -0.39 is 0 Å². The third-order valence-corrected chi connectivity index (χ3v) is 2.77. The molecule has 1 saturated heterocycles. The van der Waals surface area contributed by atoms with Crippen LogP contribution in [0.2, 0.25) is 0 Å². The van der Waals surface area contributed by atoms with Gasteiger partial charge in [0.2, 0.25) is 0 Å². The van der Waals surface area contributed by atoms with Crippen molar-refractivity contribution in [2.24, 2.45) is 0 Å². The molecule has 1 fully saturated rings. The molecule has 1 aliphatic heterocycles. The van der Waals surface area contributed by atoms with Gasteiger partial charge >= 0.3 is 0 Å². The molecule has 2 N–H and O–H groups in total. The molecule has 0 saturated carbocycles. The van der Waals surface area contributed by atoms with E-state index in [2.05, 4.69) is 27.5 Å². The van der Waals surface area contributed by atoms with Crippen molar-refractivity contribution in [3.8, 4) is 0 Å². The molecular weight excluding hydrogens is 188 g/mol. The first-order valence-electron chi connectivity index (χ1n) is 5.59. The Labute approximate surface area is 90.5 Å². The zero-order valence-electron chi connectivity index (χ0n) is 9.11. The molecule has 82 valence electrons. The Morgan fingerprint density at radius 1 is 1.53 bits per heavy atom. The molecule has 0 aliphatic carbocycles. The molecule has 2 atom stereocenters. The Morgan fingerprint density at radius 3 is 3.00 bits per heavy atom. The molecule has 0 amide bonds. The number of nitrogens with zero attached hydrogens (tertiary/aromatic N) is 2. The van der Waals surface area contributed by atoms with Gasteiger partial charge in [-0.25, -0.2) is 9.97 Å². The molecule has 0 spiro atoms. The Hall–Kier alpha value is -1.16. The summed E-state index contributed by atoms with van der Waals surface area (Å²) in [5.41, 5.74) is 1.00. The Balaban J connectivity index is 1.79. The van der Waals surface area contributed by atoms with E-state index in [1.165, 1.54) is 19.4 Å². The smallest absolute Gasteiger partial charge is 0.115 e. The molecule has 0 radical (unpaired) electrons. The second kappa shape index (κ2) is 5.07. The minimum absolute atomic E-state index is 0.464. The SMILES string of the molecule is CC(CC1CCCN1)Nc1cncnc1. The zero-order chi connectivity index (χ0) is 10.5. The normalized spacial score (nSPS) is 22.6. The molecule has 4 nitrogen and oxygen atoms in total. The number of rotatable bonds is 4. The van der Waals surface area contributed by atoms with Gasteiger partial charge in [0, 0.05) is 12.1 Å². The summed E-state index contributed by atoms with van der Waals surface area (Å²) in [6.07, 6.45) is 8.95. The van der Waals surface area contributed by atoms with Crippen LogP contribution in [-0.4, -0.2) is 28.6 Å². The molecule has 15 heavy (non-hydrogen) atoms. The van der Waals surface area contributed by atoms with Crippen LogP contribution in [0.1, 0.15) is 26.2 Å². The fraction of sp³-hybridized carbons (Fsp3) is 0.636. The van der Waals surface area contributed by atoms with Crippen molar-refractivity contribution >= 4 is 5.69 Å². The Morgan fingerprint density at radius 2 is 2.33 bits per heavy atom. The Kier molecular flexibility index (Phi) is 3.50. The second-order valence-electron chi connectivity index (χ2n) is 4.20. The van der Waals surface area contributed by atoms with Crippen molar-refractivity contribution in [3.05, 3.63) is 18.7 Å². The summed E-state index contributed by atoms with van der Waals surface area (Å²) < 4.78 is 0. The first kappa shape index (κ1) is 10.4. The summed E-state index contributed by atoms with van der Waals surface area (Å²) in [4.78, 5) is 7.96. The van der Waals surface area contributed by atoms with E-state index in [1.807, 2.05) is 12.4 Å². The fourth-order valence-electron chi connectivity index (χ4n) is 2.10. The minimum atomic E-state index is 0.464. The largest absolute Gasteiger partial charge is 0.380 e. The van der Waals surface area contributed by atoms with E-state index in [4.69, 9.17) is 0 Å². The molecule has 0 bridgehead atoms. The third kappa shape index (κ3) is 3.16. The Bertz CT molecular complexity index is 282. The van der Waals surface area contributed by atoms with E-state index in [-0.39, 0.29) is 0 Å². The van der Waals surface area contributed by atoms with E-state index in [1.54, 1.807) is 6.33 Å². The highest BCUT2D eigenvalue weighted by atomic mass is 15.0. The van der Waals surface area contributed by atoms with Crippen molar-refractivity contribution in [1.29, 1.82) is 0 Å². The van der Waals surface area contributed by atoms with Gasteiger partial charge < -0.3 is 10.6 Å². The first-order valence-corrected chi connectivity index (χ1v) is 5.59. The van der Waals surface area contributed by atoms with Gasteiger partial charge in [-0.2, -0.15) is 0 Å². The topological polar surface area (TPSA) is 49.8 Å². The summed E-state index contributed by atoms with van der Waals surface area (Å²) in [5.74, 6) is 0. The standard InChI is InChI=1S/C11H18N4/c1-9(5-10-3-2-4-14-10)15-11-6-12-8-13-7-11/h6-10,14-15H,2-5H2,1H3. The van der Waals surface area contributed by atoms with Gasteiger partial charge in [0.25, 0.3) is 0 Å². The molecule has 2 rings (SSSR count). The van der Waals surface area contributed by atoms with Crippen LogP contribution in [0.3, 0.4) is 0 Å². The van der Waals surface area contributed by atoms with E-state index >= 15 is 0 Å². The van der Waals surface area contributed by atoms with Gasteiger partial charge in [-0.1, -0.05) is 0 Å². The van der Waals surface area contributed by atoms with Crippen LogP contribution in [0, 0.1) is 0 Å². The highest BCUT2D eigenvalue weighted by Crippen LogP contribution is 2.13. The maximum atomic E-state index is 3.98. The van der Waals surface area contributed by atoms with Crippen molar-refractivity contribution in [3.63, 3.8) is 0 Å². The quantitative estimate of drug-likeness (QED) is 0.782. The molecule has 1 aromatic rings. The van der Waals surface area contributed by atoms with Crippen molar-refractivity contribution in [2.75, 3.05) is 11.9 Å². The van der Waals surface area contributed by atoms with Gasteiger partial charge in [0.1, 0.15) is 6.33 Å². The summed E-state index contributed by atoms with van der Waals surface area (Å²) >= 11 is 0. The number of hydrogen-bond donors (Lipinski definition) is 2. The summed E-state index contributed by atoms with van der Waals surface area (Å²) in [6.45, 7) is 3.37. The van der Waals surface area contributed by atoms with Crippen molar-refractivity contribution < 1.29 is 0 Å². The maximum absolute atomic E-state index is 3.98. The van der Waals surface area contributed by atoms with Gasteiger partial charge in [-0.3, -0.25) is 0 Å². The number of hydrogen-bond acceptors (Lipinski definition) is 4. The van der Waals surface area contributed by atoms with Gasteiger partial charge in [0.05, 0.1) is 18.1 Å². The number of anilines is 1. The van der Waals surface area contributed by atoms with Crippen LogP contribution in [0.4, 0.5) is 5.69 Å². The molecule has 2 unspecified atom stereocenters. The number of aromatic nitrogens is 2. The van der Waals surface area contributed by atoms with Crippen molar-refractivity contribution in [2.45, 2.75) is 38.3 Å². The molecular formula is C11H18N4. The fourth-order valence-corrected chi connectivity index (χ4v) is 2.10. The lowest BCUT2D eigenvalue weighted by Crippen LogP contribution is -2.29. The predicted octanol–water partition coefficient (Wildman–Crippen LogP) is 1.42. The van der Waals surface area contributed by atoms with E-state index in [9.17, 15) is 0 Å². The highest BCUT2D eigenvalue weighted by molar-refractivity contribution is 5.38. The third-order valence-electron chi connectivity index (χ3n) is 2.77. The monoisotopic (exact) mass is 206 g/mol. The van der Waals surface area contributed by atoms with Gasteiger partial charge in [-0.15, -0.1) is 0 Å².